The normalized spacial score (nSPS) is 19.9. The fourth-order valence-corrected chi connectivity index (χ4v) is 2.27. The first-order valence-electron chi connectivity index (χ1n) is 6.26. The van der Waals surface area contributed by atoms with E-state index in [2.05, 4.69) is 18.3 Å². The number of piperazine rings is 1. The van der Waals surface area contributed by atoms with Gasteiger partial charge in [0, 0.05) is 6.54 Å². The van der Waals surface area contributed by atoms with Gasteiger partial charge < -0.3 is 10.2 Å². The average Bonchev–Trinajstić information content (AvgIpc) is 2.36. The van der Waals surface area contributed by atoms with Crippen molar-refractivity contribution in [1.82, 2.24) is 10.2 Å². The zero-order valence-corrected chi connectivity index (χ0v) is 10.8. The molecule has 1 aromatic carbocycles. The first kappa shape index (κ1) is 12.6. The molecule has 4 nitrogen and oxygen atoms in total. The van der Waals surface area contributed by atoms with Crippen molar-refractivity contribution in [2.75, 3.05) is 6.54 Å². The maximum absolute atomic E-state index is 12.0. The van der Waals surface area contributed by atoms with Gasteiger partial charge in [-0.25, -0.2) is 0 Å². The van der Waals surface area contributed by atoms with Crippen LogP contribution < -0.4 is 5.32 Å². The summed E-state index contributed by atoms with van der Waals surface area (Å²) in [6.07, 6.45) is 0.931. The van der Waals surface area contributed by atoms with Gasteiger partial charge in [-0.15, -0.1) is 0 Å². The standard InChI is InChI=1S/C14H18N2O2/c1-3-11-6-4-5-7-12(11)8-16-9-13(17)15-10(2)14(16)18/h4-7,10H,3,8-9H2,1-2H3,(H,15,17). The van der Waals surface area contributed by atoms with Crippen LogP contribution in [-0.2, 0) is 22.6 Å². The van der Waals surface area contributed by atoms with Crippen LogP contribution in [0.1, 0.15) is 25.0 Å². The average molecular weight is 246 g/mol. The van der Waals surface area contributed by atoms with Gasteiger partial charge in [0.15, 0.2) is 0 Å². The minimum atomic E-state index is -0.417. The van der Waals surface area contributed by atoms with E-state index in [0.29, 0.717) is 6.54 Å². The number of benzene rings is 1. The van der Waals surface area contributed by atoms with Crippen LogP contribution in [0.3, 0.4) is 0 Å². The summed E-state index contributed by atoms with van der Waals surface area (Å²) in [5, 5.41) is 2.64. The molecule has 0 spiro atoms. The van der Waals surface area contributed by atoms with Gasteiger partial charge in [-0.1, -0.05) is 31.2 Å². The largest absolute Gasteiger partial charge is 0.343 e. The van der Waals surface area contributed by atoms with Gasteiger partial charge in [-0.05, 0) is 24.5 Å². The summed E-state index contributed by atoms with van der Waals surface area (Å²) in [4.78, 5) is 25.1. The predicted molar refractivity (Wildman–Crippen MR) is 68.8 cm³/mol. The van der Waals surface area contributed by atoms with Crippen LogP contribution in [0.15, 0.2) is 24.3 Å². The highest BCUT2D eigenvalue weighted by atomic mass is 16.2. The van der Waals surface area contributed by atoms with Gasteiger partial charge in [0.05, 0.1) is 6.54 Å². The van der Waals surface area contributed by atoms with Crippen LogP contribution in [0.4, 0.5) is 0 Å². The molecule has 1 aromatic rings. The maximum Gasteiger partial charge on any atom is 0.245 e. The molecule has 0 radical (unpaired) electrons. The van der Waals surface area contributed by atoms with E-state index in [9.17, 15) is 9.59 Å². The molecule has 18 heavy (non-hydrogen) atoms. The molecule has 0 saturated carbocycles. The van der Waals surface area contributed by atoms with Crippen molar-refractivity contribution >= 4 is 11.8 Å². The van der Waals surface area contributed by atoms with Crippen LogP contribution in [0.25, 0.3) is 0 Å². The third-order valence-corrected chi connectivity index (χ3v) is 3.25. The molecule has 1 saturated heterocycles. The lowest BCUT2D eigenvalue weighted by Crippen LogP contribution is -2.56. The number of aryl methyl sites for hydroxylation is 1. The molecule has 1 unspecified atom stereocenters. The summed E-state index contributed by atoms with van der Waals surface area (Å²) in [5.41, 5.74) is 2.35. The first-order valence-corrected chi connectivity index (χ1v) is 6.26. The minimum absolute atomic E-state index is 0.0134. The molecule has 0 bridgehead atoms. The third-order valence-electron chi connectivity index (χ3n) is 3.25. The topological polar surface area (TPSA) is 49.4 Å². The van der Waals surface area contributed by atoms with Crippen molar-refractivity contribution in [1.29, 1.82) is 0 Å². The van der Waals surface area contributed by atoms with E-state index in [-0.39, 0.29) is 18.4 Å². The number of nitrogens with one attached hydrogen (secondary N) is 1. The van der Waals surface area contributed by atoms with Gasteiger partial charge in [0.2, 0.25) is 11.8 Å². The quantitative estimate of drug-likeness (QED) is 0.868. The smallest absolute Gasteiger partial charge is 0.245 e. The second-order valence-electron chi connectivity index (χ2n) is 4.61. The summed E-state index contributed by atoms with van der Waals surface area (Å²) in [7, 11) is 0. The lowest BCUT2D eigenvalue weighted by Gasteiger charge is -2.31. The molecule has 4 heteroatoms. The molecule has 96 valence electrons. The molecule has 1 fully saturated rings. The molecular weight excluding hydrogens is 228 g/mol. The summed E-state index contributed by atoms with van der Waals surface area (Å²) in [5.74, 6) is -0.100. The van der Waals surface area contributed by atoms with E-state index >= 15 is 0 Å². The highest BCUT2D eigenvalue weighted by Gasteiger charge is 2.29. The Morgan fingerprint density at radius 3 is 2.61 bits per heavy atom. The lowest BCUT2D eigenvalue weighted by atomic mass is 10.0. The van der Waals surface area contributed by atoms with E-state index in [1.165, 1.54) is 5.56 Å². The van der Waals surface area contributed by atoms with Gasteiger partial charge in [-0.2, -0.15) is 0 Å². The maximum atomic E-state index is 12.0. The van der Waals surface area contributed by atoms with E-state index in [1.54, 1.807) is 11.8 Å². The van der Waals surface area contributed by atoms with Crippen LogP contribution in [0.5, 0.6) is 0 Å². The van der Waals surface area contributed by atoms with E-state index in [0.717, 1.165) is 12.0 Å². The van der Waals surface area contributed by atoms with Crippen molar-refractivity contribution in [3.63, 3.8) is 0 Å². The number of carbonyl (C=O) groups is 2. The molecule has 1 heterocycles. The Hall–Kier alpha value is -1.84. The summed E-state index contributed by atoms with van der Waals surface area (Å²) in [6, 6.07) is 7.62. The molecule has 1 atom stereocenters. The van der Waals surface area contributed by atoms with Crippen LogP contribution in [0.2, 0.25) is 0 Å². The Bertz CT molecular complexity index is 471. The van der Waals surface area contributed by atoms with Crippen molar-refractivity contribution in [2.24, 2.45) is 0 Å². The summed E-state index contributed by atoms with van der Waals surface area (Å²) in [6.45, 7) is 4.48. The second kappa shape index (κ2) is 5.21. The van der Waals surface area contributed by atoms with Crippen molar-refractivity contribution in [2.45, 2.75) is 32.9 Å². The van der Waals surface area contributed by atoms with Crippen molar-refractivity contribution < 1.29 is 9.59 Å². The van der Waals surface area contributed by atoms with Crippen LogP contribution in [0, 0.1) is 0 Å². The van der Waals surface area contributed by atoms with Gasteiger partial charge in [-0.3, -0.25) is 9.59 Å². The van der Waals surface area contributed by atoms with E-state index in [1.807, 2.05) is 18.2 Å². The molecule has 2 amide bonds. The summed E-state index contributed by atoms with van der Waals surface area (Å²) < 4.78 is 0. The Morgan fingerprint density at radius 2 is 1.94 bits per heavy atom. The number of carbonyl (C=O) groups excluding carboxylic acids is 2. The number of amides is 2. The monoisotopic (exact) mass is 246 g/mol. The van der Waals surface area contributed by atoms with Gasteiger partial charge in [0.1, 0.15) is 6.04 Å². The van der Waals surface area contributed by atoms with Gasteiger partial charge in [0.25, 0.3) is 0 Å². The van der Waals surface area contributed by atoms with E-state index in [4.69, 9.17) is 0 Å². The molecule has 1 aliphatic heterocycles. The first-order chi connectivity index (χ1) is 8.61. The molecule has 1 aliphatic rings. The molecule has 2 rings (SSSR count). The zero-order chi connectivity index (χ0) is 13.1. The Balaban J connectivity index is 2.17. The predicted octanol–water partition coefficient (Wildman–Crippen LogP) is 1.10. The Labute approximate surface area is 107 Å². The highest BCUT2D eigenvalue weighted by molar-refractivity contribution is 5.94. The Kier molecular flexibility index (Phi) is 3.65. The van der Waals surface area contributed by atoms with Crippen molar-refractivity contribution in [3.05, 3.63) is 35.4 Å². The zero-order valence-electron chi connectivity index (χ0n) is 10.8. The minimum Gasteiger partial charge on any atom is -0.343 e. The lowest BCUT2D eigenvalue weighted by molar-refractivity contribution is -0.144. The number of hydrogen-bond acceptors (Lipinski definition) is 2. The number of rotatable bonds is 3. The summed E-state index contributed by atoms with van der Waals surface area (Å²) >= 11 is 0. The van der Waals surface area contributed by atoms with Crippen LogP contribution >= 0.6 is 0 Å². The molecule has 0 aromatic heterocycles. The molecule has 0 aliphatic carbocycles. The fraction of sp³-hybridized carbons (Fsp3) is 0.429. The fourth-order valence-electron chi connectivity index (χ4n) is 2.27. The second-order valence-corrected chi connectivity index (χ2v) is 4.61. The SMILES string of the molecule is CCc1ccccc1CN1CC(=O)NC(C)C1=O. The number of hydrogen-bond donors (Lipinski definition) is 1. The van der Waals surface area contributed by atoms with Crippen LogP contribution in [-0.4, -0.2) is 29.3 Å². The molecule has 1 N–H and O–H groups in total. The Morgan fingerprint density at radius 1 is 1.28 bits per heavy atom. The van der Waals surface area contributed by atoms with E-state index < -0.39 is 6.04 Å². The number of nitrogens with zero attached hydrogens (tertiary/aromatic N) is 1. The van der Waals surface area contributed by atoms with Crippen molar-refractivity contribution in [3.8, 4) is 0 Å². The highest BCUT2D eigenvalue weighted by Crippen LogP contribution is 2.14. The third kappa shape index (κ3) is 2.53. The molecular formula is C14H18N2O2. The van der Waals surface area contributed by atoms with Gasteiger partial charge >= 0.3 is 0 Å².